The fourth-order valence-electron chi connectivity index (χ4n) is 2.18. The van der Waals surface area contributed by atoms with Crippen molar-refractivity contribution in [2.45, 2.75) is 33.7 Å². The normalized spacial score (nSPS) is 12.3. The number of aromatic nitrogens is 2. The summed E-state index contributed by atoms with van der Waals surface area (Å²) in [4.78, 5) is 44.3. The van der Waals surface area contributed by atoms with Crippen molar-refractivity contribution in [2.24, 2.45) is 17.1 Å². The van der Waals surface area contributed by atoms with Crippen molar-refractivity contribution in [3.05, 3.63) is 36.4 Å². The van der Waals surface area contributed by atoms with Crippen LogP contribution in [0.1, 0.15) is 27.7 Å². The maximum atomic E-state index is 12.2. The molecule has 0 spiro atoms. The number of rotatable bonds is 7. The fourth-order valence-corrected chi connectivity index (χ4v) is 2.18. The number of aliphatic carboxylic acids is 1. The predicted molar refractivity (Wildman–Crippen MR) is 109 cm³/mol. The topological polar surface area (TPSA) is 147 Å². The summed E-state index contributed by atoms with van der Waals surface area (Å²) < 4.78 is 0. The third-order valence-electron chi connectivity index (χ3n) is 4.38. The molecule has 5 N–H and O–H groups in total. The molecule has 0 radical (unpaired) electrons. The van der Waals surface area contributed by atoms with E-state index in [-0.39, 0.29) is 17.6 Å². The molecule has 9 nitrogen and oxygen atoms in total. The van der Waals surface area contributed by atoms with Crippen LogP contribution >= 0.6 is 0 Å². The SMILES string of the molecule is CC(C)[C@H](N)C(=O)Nc1cccc(-c2cccc(NC(=O)C(C)(C)C(=O)O)n2)n1. The molecule has 2 aromatic rings. The van der Waals surface area contributed by atoms with Crippen LogP contribution in [-0.4, -0.2) is 38.9 Å². The van der Waals surface area contributed by atoms with E-state index in [1.165, 1.54) is 13.8 Å². The summed E-state index contributed by atoms with van der Waals surface area (Å²) in [5.74, 6) is -1.77. The molecule has 154 valence electrons. The van der Waals surface area contributed by atoms with E-state index in [0.29, 0.717) is 17.2 Å². The molecule has 2 amide bonds. The van der Waals surface area contributed by atoms with Crippen molar-refractivity contribution in [1.82, 2.24) is 9.97 Å². The molecule has 0 bridgehead atoms. The number of anilines is 2. The quantitative estimate of drug-likeness (QED) is 0.521. The average Bonchev–Trinajstić information content (AvgIpc) is 2.67. The Balaban J connectivity index is 2.22. The van der Waals surface area contributed by atoms with Crippen molar-refractivity contribution in [3.8, 4) is 11.4 Å². The lowest BCUT2D eigenvalue weighted by Gasteiger charge is -2.18. The maximum Gasteiger partial charge on any atom is 0.318 e. The minimum Gasteiger partial charge on any atom is -0.480 e. The number of nitrogens with one attached hydrogen (secondary N) is 2. The summed E-state index contributed by atoms with van der Waals surface area (Å²) in [5.41, 5.74) is 5.16. The van der Waals surface area contributed by atoms with Gasteiger partial charge in [0, 0.05) is 0 Å². The van der Waals surface area contributed by atoms with E-state index in [2.05, 4.69) is 20.6 Å². The Morgan fingerprint density at radius 1 is 0.966 bits per heavy atom. The van der Waals surface area contributed by atoms with Crippen molar-refractivity contribution in [3.63, 3.8) is 0 Å². The van der Waals surface area contributed by atoms with Gasteiger partial charge < -0.3 is 21.5 Å². The van der Waals surface area contributed by atoms with Crippen LogP contribution in [0, 0.1) is 11.3 Å². The molecule has 0 saturated heterocycles. The van der Waals surface area contributed by atoms with Gasteiger partial charge in [-0.15, -0.1) is 0 Å². The first-order valence-electron chi connectivity index (χ1n) is 9.08. The first-order valence-corrected chi connectivity index (χ1v) is 9.08. The van der Waals surface area contributed by atoms with Gasteiger partial charge in [0.15, 0.2) is 0 Å². The van der Waals surface area contributed by atoms with E-state index in [1.807, 2.05) is 13.8 Å². The molecule has 0 aliphatic rings. The molecule has 2 rings (SSSR count). The average molecular weight is 399 g/mol. The van der Waals surface area contributed by atoms with Crippen molar-refractivity contribution < 1.29 is 19.5 Å². The highest BCUT2D eigenvalue weighted by atomic mass is 16.4. The maximum absolute atomic E-state index is 12.2. The van der Waals surface area contributed by atoms with Crippen LogP contribution in [0.3, 0.4) is 0 Å². The molecule has 9 heteroatoms. The zero-order chi connectivity index (χ0) is 21.8. The van der Waals surface area contributed by atoms with Gasteiger partial charge in [-0.2, -0.15) is 0 Å². The van der Waals surface area contributed by atoms with E-state index >= 15 is 0 Å². The van der Waals surface area contributed by atoms with Crippen LogP contribution in [0.15, 0.2) is 36.4 Å². The Labute approximate surface area is 168 Å². The number of amides is 2. The highest BCUT2D eigenvalue weighted by molar-refractivity contribution is 6.07. The van der Waals surface area contributed by atoms with Gasteiger partial charge in [-0.1, -0.05) is 26.0 Å². The first kappa shape index (κ1) is 22.0. The number of nitrogens with two attached hydrogens (primary N) is 1. The molecule has 0 unspecified atom stereocenters. The second-order valence-corrected chi connectivity index (χ2v) is 7.46. The third kappa shape index (κ3) is 5.35. The van der Waals surface area contributed by atoms with Gasteiger partial charge in [-0.05, 0) is 44.0 Å². The minimum atomic E-state index is -1.60. The lowest BCUT2D eigenvalue weighted by molar-refractivity contribution is -0.151. The molecule has 0 fully saturated rings. The van der Waals surface area contributed by atoms with Gasteiger partial charge in [0.25, 0.3) is 0 Å². The number of nitrogens with zero attached hydrogens (tertiary/aromatic N) is 2. The molecular formula is C20H25N5O4. The summed E-state index contributed by atoms with van der Waals surface area (Å²) in [7, 11) is 0. The lowest BCUT2D eigenvalue weighted by atomic mass is 9.93. The lowest BCUT2D eigenvalue weighted by Crippen LogP contribution is -2.39. The van der Waals surface area contributed by atoms with Crippen molar-refractivity contribution >= 4 is 29.4 Å². The molecule has 0 aliphatic carbocycles. The van der Waals surface area contributed by atoms with E-state index in [0.717, 1.165) is 0 Å². The summed E-state index contributed by atoms with van der Waals surface area (Å²) in [6.45, 7) is 6.32. The van der Waals surface area contributed by atoms with Gasteiger partial charge in [0.2, 0.25) is 11.8 Å². The Hall–Kier alpha value is -3.33. The van der Waals surface area contributed by atoms with Crippen LogP contribution in [0.2, 0.25) is 0 Å². The van der Waals surface area contributed by atoms with Crippen LogP contribution in [0.5, 0.6) is 0 Å². The zero-order valence-electron chi connectivity index (χ0n) is 16.8. The zero-order valence-corrected chi connectivity index (χ0v) is 16.8. The van der Waals surface area contributed by atoms with Crippen LogP contribution < -0.4 is 16.4 Å². The fraction of sp³-hybridized carbons (Fsp3) is 0.350. The third-order valence-corrected chi connectivity index (χ3v) is 4.38. The van der Waals surface area contributed by atoms with Gasteiger partial charge >= 0.3 is 5.97 Å². The van der Waals surface area contributed by atoms with Gasteiger partial charge in [0.05, 0.1) is 17.4 Å². The standard InChI is InChI=1S/C20H25N5O4/c1-11(2)16(21)17(26)24-14-9-5-7-12(22-14)13-8-6-10-15(23-13)25-18(27)20(3,4)19(28)29/h5-11,16H,21H2,1-4H3,(H,28,29)(H,22,24,26)(H,23,25,27)/t16-/m0/s1. The van der Waals surface area contributed by atoms with Crippen LogP contribution in [0.25, 0.3) is 11.4 Å². The van der Waals surface area contributed by atoms with Gasteiger partial charge in [-0.25, -0.2) is 9.97 Å². The summed E-state index contributed by atoms with van der Waals surface area (Å²) >= 11 is 0. The number of carboxylic acid groups (broad SMARTS) is 1. The number of carbonyl (C=O) groups excluding carboxylic acids is 2. The van der Waals surface area contributed by atoms with E-state index < -0.39 is 23.3 Å². The molecule has 29 heavy (non-hydrogen) atoms. The van der Waals surface area contributed by atoms with Gasteiger partial charge in [0.1, 0.15) is 17.1 Å². The number of hydrogen-bond acceptors (Lipinski definition) is 6. The molecule has 0 saturated carbocycles. The highest BCUT2D eigenvalue weighted by Gasteiger charge is 2.36. The molecule has 0 aromatic carbocycles. The van der Waals surface area contributed by atoms with Crippen LogP contribution in [0.4, 0.5) is 11.6 Å². The molecule has 1 atom stereocenters. The Morgan fingerprint density at radius 2 is 1.45 bits per heavy atom. The van der Waals surface area contributed by atoms with E-state index in [9.17, 15) is 14.4 Å². The molecule has 2 heterocycles. The minimum absolute atomic E-state index is 0.0183. The second kappa shape index (κ2) is 8.78. The molecular weight excluding hydrogens is 374 g/mol. The first-order chi connectivity index (χ1) is 13.5. The Bertz CT molecular complexity index is 927. The predicted octanol–water partition coefficient (Wildman–Crippen LogP) is 2.11. The Kier molecular flexibility index (Phi) is 6.65. The smallest absolute Gasteiger partial charge is 0.318 e. The van der Waals surface area contributed by atoms with E-state index in [1.54, 1.807) is 36.4 Å². The highest BCUT2D eigenvalue weighted by Crippen LogP contribution is 2.21. The van der Waals surface area contributed by atoms with Gasteiger partial charge in [-0.3, -0.25) is 14.4 Å². The van der Waals surface area contributed by atoms with Crippen molar-refractivity contribution in [1.29, 1.82) is 0 Å². The van der Waals surface area contributed by atoms with Crippen molar-refractivity contribution in [2.75, 3.05) is 10.6 Å². The van der Waals surface area contributed by atoms with Crippen LogP contribution in [-0.2, 0) is 14.4 Å². The largest absolute Gasteiger partial charge is 0.480 e. The molecule has 2 aromatic heterocycles. The monoisotopic (exact) mass is 399 g/mol. The number of hydrogen-bond donors (Lipinski definition) is 4. The molecule has 0 aliphatic heterocycles. The summed E-state index contributed by atoms with van der Waals surface area (Å²) in [6, 6.07) is 9.28. The Morgan fingerprint density at radius 3 is 1.90 bits per heavy atom. The summed E-state index contributed by atoms with van der Waals surface area (Å²) in [6.07, 6.45) is 0. The summed E-state index contributed by atoms with van der Waals surface area (Å²) in [5, 5.41) is 14.3. The second-order valence-electron chi connectivity index (χ2n) is 7.46. The number of carbonyl (C=O) groups is 3. The number of pyridine rings is 2. The van der Waals surface area contributed by atoms with E-state index in [4.69, 9.17) is 10.8 Å². The number of carboxylic acids is 1.